The van der Waals surface area contributed by atoms with Gasteiger partial charge in [0.15, 0.2) is 6.61 Å². The Morgan fingerprint density at radius 3 is 1.07 bits per heavy atom. The van der Waals surface area contributed by atoms with Gasteiger partial charge in [-0.05, 0) is 0 Å². The lowest BCUT2D eigenvalue weighted by Crippen LogP contribution is -2.70. The molecule has 0 aromatic rings. The summed E-state index contributed by atoms with van der Waals surface area (Å²) in [5.41, 5.74) is 0. The second-order valence-electron chi connectivity index (χ2n) is 7.08. The van der Waals surface area contributed by atoms with Crippen molar-refractivity contribution < 1.29 is 129 Å². The monoisotopic (exact) mass is 706 g/mol. The van der Waals surface area contributed by atoms with Gasteiger partial charge >= 0.3 is 72.7 Å². The van der Waals surface area contributed by atoms with Crippen LogP contribution in [0.3, 0.4) is 0 Å². The fourth-order valence-corrected chi connectivity index (χ4v) is 1.86. The van der Waals surface area contributed by atoms with Crippen molar-refractivity contribution in [3.8, 4) is 0 Å². The molecule has 0 aliphatic rings. The largest absolute Gasteiger partial charge is 0.508 e. The molecule has 0 aliphatic carbocycles. The molecule has 3 unspecified atom stereocenters. The molecule has 258 valence electrons. The summed E-state index contributed by atoms with van der Waals surface area (Å²) >= 11 is 0. The Balaban J connectivity index is 7.19. The van der Waals surface area contributed by atoms with Crippen LogP contribution in [-0.4, -0.2) is 86.4 Å². The summed E-state index contributed by atoms with van der Waals surface area (Å²) in [5.74, 6) is -32.2. The summed E-state index contributed by atoms with van der Waals surface area (Å²) in [4.78, 5) is 10.6. The van der Waals surface area contributed by atoms with Crippen molar-refractivity contribution in [2.75, 3.05) is 13.7 Å². The van der Waals surface area contributed by atoms with Crippen LogP contribution in [0.25, 0.3) is 0 Å². The predicted octanol–water partition coefficient (Wildman–Crippen LogP) is 7.48. The second-order valence-corrected chi connectivity index (χ2v) is 7.08. The van der Waals surface area contributed by atoms with Crippen LogP contribution in [0, 0.1) is 0 Å². The lowest BCUT2D eigenvalue weighted by molar-refractivity contribution is -0.579. The zero-order valence-electron chi connectivity index (χ0n) is 18.8. The Morgan fingerprint density at radius 2 is 0.791 bits per heavy atom. The number of carbonyl (C=O) groups excluding carboxylic acids is 1. The van der Waals surface area contributed by atoms with Gasteiger partial charge in [0.05, 0.1) is 7.11 Å². The molecule has 6 nitrogen and oxygen atoms in total. The highest BCUT2D eigenvalue weighted by molar-refractivity contribution is 5.59. The van der Waals surface area contributed by atoms with Gasteiger partial charge in [-0.2, -0.15) is 101 Å². The highest BCUT2D eigenvalue weighted by atomic mass is 19.4. The van der Waals surface area contributed by atoms with Crippen molar-refractivity contribution in [2.45, 2.75) is 66.5 Å². The average molecular weight is 706 g/mol. The molecule has 3 atom stereocenters. The van der Waals surface area contributed by atoms with Gasteiger partial charge in [-0.3, -0.25) is 14.2 Å². The normalized spacial score (nSPS) is 19.3. The van der Waals surface area contributed by atoms with Crippen molar-refractivity contribution in [2.24, 2.45) is 0 Å². The Bertz CT molecular complexity index is 983. The minimum atomic E-state index is -8.73. The van der Waals surface area contributed by atoms with E-state index in [0.29, 0.717) is 0 Å². The third-order valence-electron chi connectivity index (χ3n) is 3.99. The lowest BCUT2D eigenvalue weighted by Gasteiger charge is -2.42. The van der Waals surface area contributed by atoms with Crippen LogP contribution < -0.4 is 0 Å². The van der Waals surface area contributed by atoms with Gasteiger partial charge in [0, 0.05) is 0 Å². The average Bonchev–Trinajstić information content (AvgIpc) is 2.72. The topological polar surface area (TPSA) is 63.2 Å². The molecule has 0 aromatic carbocycles. The number of methoxy groups -OCH3 is 1. The highest BCUT2D eigenvalue weighted by Crippen LogP contribution is 2.59. The summed E-state index contributed by atoms with van der Waals surface area (Å²) in [6.07, 6.45) is -59.8. The van der Waals surface area contributed by atoms with E-state index >= 15 is 0 Å². The van der Waals surface area contributed by atoms with E-state index in [2.05, 4.69) is 9.47 Å². The molecular weight excluding hydrogens is 701 g/mol. The maximum atomic E-state index is 14.3. The van der Waals surface area contributed by atoms with Gasteiger partial charge in [-0.15, -0.1) is 0 Å². The van der Waals surface area contributed by atoms with Crippen molar-refractivity contribution in [1.29, 1.82) is 0 Å². The van der Waals surface area contributed by atoms with Gasteiger partial charge in [0.1, 0.15) is 0 Å². The minimum absolute atomic E-state index is 0.178. The van der Waals surface area contributed by atoms with E-state index in [9.17, 15) is 106 Å². The first-order valence-electron chi connectivity index (χ1n) is 8.98. The van der Waals surface area contributed by atoms with Crippen LogP contribution in [0.4, 0.5) is 106 Å². The maximum Gasteiger partial charge on any atom is 0.508 e. The van der Waals surface area contributed by atoms with Crippen LogP contribution in [0.1, 0.15) is 0 Å². The first-order valence-corrected chi connectivity index (χ1v) is 8.98. The van der Waals surface area contributed by atoms with Gasteiger partial charge in [0.25, 0.3) is 0 Å². The molecule has 0 rings (SSSR count). The van der Waals surface area contributed by atoms with E-state index in [1.807, 2.05) is 0 Å². The Labute approximate surface area is 217 Å². The van der Waals surface area contributed by atoms with E-state index in [4.69, 9.17) is 0 Å². The summed E-state index contributed by atoms with van der Waals surface area (Å²) in [5, 5.41) is 0. The number of halogens is 23. The van der Waals surface area contributed by atoms with Gasteiger partial charge in [-0.25, -0.2) is 4.79 Å². The molecule has 0 bridgehead atoms. The molecule has 0 N–H and O–H groups in total. The minimum Gasteiger partial charge on any atom is -0.438 e. The SMILES string of the molecule is COC(=O)OCC(F)(OC(F)(F)C(F)(OC(F)(F)C(F)(OC(F)(F)C(F)(F)C(F)(F)F)C(F)(F)F)C(F)(F)F)C(F)(F)F. The van der Waals surface area contributed by atoms with Gasteiger partial charge in [0.2, 0.25) is 0 Å². The molecule has 0 amide bonds. The molecular formula is C14H5F23O6. The van der Waals surface area contributed by atoms with Crippen molar-refractivity contribution >= 4 is 6.16 Å². The highest BCUT2D eigenvalue weighted by Gasteiger charge is 2.88. The van der Waals surface area contributed by atoms with Crippen LogP contribution in [-0.2, 0) is 23.7 Å². The van der Waals surface area contributed by atoms with E-state index in [0.717, 1.165) is 9.47 Å². The molecule has 0 heterocycles. The van der Waals surface area contributed by atoms with Gasteiger partial charge < -0.3 is 9.47 Å². The van der Waals surface area contributed by atoms with Crippen LogP contribution in [0.2, 0.25) is 0 Å². The van der Waals surface area contributed by atoms with E-state index < -0.39 is 79.3 Å². The first kappa shape index (κ1) is 40.5. The molecule has 29 heteroatoms. The zero-order chi connectivity index (χ0) is 35.3. The predicted molar refractivity (Wildman–Crippen MR) is 77.1 cm³/mol. The van der Waals surface area contributed by atoms with Crippen molar-refractivity contribution in [3.63, 3.8) is 0 Å². The molecule has 0 aliphatic heterocycles. The second kappa shape index (κ2) is 11.2. The van der Waals surface area contributed by atoms with E-state index in [-0.39, 0.29) is 7.11 Å². The van der Waals surface area contributed by atoms with E-state index in [1.165, 1.54) is 0 Å². The molecule has 43 heavy (non-hydrogen) atoms. The maximum absolute atomic E-state index is 14.3. The quantitative estimate of drug-likeness (QED) is 0.164. The molecule has 0 aromatic heterocycles. The number of carbonyl (C=O) groups is 1. The number of ether oxygens (including phenoxy) is 5. The summed E-state index contributed by atoms with van der Waals surface area (Å²) in [6.45, 7) is -3.50. The summed E-state index contributed by atoms with van der Waals surface area (Å²) < 4.78 is 312. The first-order chi connectivity index (χ1) is 18.3. The Hall–Kier alpha value is -2.46. The number of rotatable bonds is 11. The summed E-state index contributed by atoms with van der Waals surface area (Å²) in [7, 11) is 0.178. The molecule has 0 fully saturated rings. The summed E-state index contributed by atoms with van der Waals surface area (Å²) in [6, 6.07) is 0. The zero-order valence-corrected chi connectivity index (χ0v) is 18.8. The lowest BCUT2D eigenvalue weighted by atomic mass is 10.2. The van der Waals surface area contributed by atoms with Crippen molar-refractivity contribution in [3.05, 3.63) is 0 Å². The fourth-order valence-electron chi connectivity index (χ4n) is 1.86. The van der Waals surface area contributed by atoms with Gasteiger partial charge in [-0.1, -0.05) is 0 Å². The third kappa shape index (κ3) is 7.44. The van der Waals surface area contributed by atoms with Crippen LogP contribution in [0.5, 0.6) is 0 Å². The van der Waals surface area contributed by atoms with Crippen LogP contribution >= 0.6 is 0 Å². The van der Waals surface area contributed by atoms with Crippen LogP contribution in [0.15, 0.2) is 0 Å². The molecule has 0 spiro atoms. The smallest absolute Gasteiger partial charge is 0.438 e. The number of alkyl halides is 23. The standard InChI is InChI=1S/C14H5F23O6/c1-39-3(38)40-2-4(15,8(20,21)22)41-13(34,35)6(18,10(26,27)28)43-14(36,37)7(19,11(29,30)31)42-12(32,33)5(16,17)9(23,24)25/h2H2,1H3. The molecule has 0 saturated carbocycles. The molecule has 0 radical (unpaired) electrons. The van der Waals surface area contributed by atoms with E-state index in [1.54, 1.807) is 4.74 Å². The van der Waals surface area contributed by atoms with Crippen molar-refractivity contribution in [1.82, 2.24) is 0 Å². The fraction of sp³-hybridized carbons (Fsp3) is 0.929. The number of hydrogen-bond donors (Lipinski definition) is 0. The Kier molecular flexibility index (Phi) is 10.5. The Morgan fingerprint density at radius 1 is 0.465 bits per heavy atom. The number of hydrogen-bond acceptors (Lipinski definition) is 6. The third-order valence-corrected chi connectivity index (χ3v) is 3.99. The molecule has 0 saturated heterocycles.